The van der Waals surface area contributed by atoms with E-state index in [2.05, 4.69) is 15.3 Å². The first-order valence-corrected chi connectivity index (χ1v) is 6.77. The average molecular weight is 250 g/mol. The maximum atomic E-state index is 10.1. The molecule has 1 aromatic heterocycles. The van der Waals surface area contributed by atoms with E-state index in [1.807, 2.05) is 6.92 Å². The van der Waals surface area contributed by atoms with Crippen molar-refractivity contribution in [2.45, 2.75) is 57.6 Å². The van der Waals surface area contributed by atoms with Crippen LogP contribution >= 0.6 is 0 Å². The molecule has 0 bridgehead atoms. The molecule has 1 aromatic rings. The van der Waals surface area contributed by atoms with Gasteiger partial charge in [0.15, 0.2) is 0 Å². The van der Waals surface area contributed by atoms with Gasteiger partial charge < -0.3 is 16.2 Å². The maximum absolute atomic E-state index is 10.1. The molecule has 2 unspecified atom stereocenters. The molecule has 0 radical (unpaired) electrons. The number of aromatic nitrogens is 2. The molecule has 0 aliphatic heterocycles. The summed E-state index contributed by atoms with van der Waals surface area (Å²) < 4.78 is 0. The quantitative estimate of drug-likeness (QED) is 0.711. The number of hydrogen-bond donors (Lipinski definition) is 3. The minimum atomic E-state index is -0.297. The summed E-state index contributed by atoms with van der Waals surface area (Å²) >= 11 is 0. The highest BCUT2D eigenvalue weighted by molar-refractivity contribution is 5.45. The van der Waals surface area contributed by atoms with Crippen molar-refractivity contribution in [3.63, 3.8) is 0 Å². The predicted octanol–water partition coefficient (Wildman–Crippen LogP) is 1.73. The summed E-state index contributed by atoms with van der Waals surface area (Å²) in [5.74, 6) is 1.94. The summed E-state index contributed by atoms with van der Waals surface area (Å²) in [6.45, 7) is 2.00. The van der Waals surface area contributed by atoms with Crippen molar-refractivity contribution in [2.24, 2.45) is 0 Å². The van der Waals surface area contributed by atoms with E-state index in [9.17, 15) is 5.11 Å². The van der Waals surface area contributed by atoms with Crippen molar-refractivity contribution < 1.29 is 5.11 Å². The van der Waals surface area contributed by atoms with Gasteiger partial charge >= 0.3 is 0 Å². The molecule has 4 N–H and O–H groups in total. The molecular formula is C13H22N4O. The molecule has 0 spiro atoms. The van der Waals surface area contributed by atoms with Crippen LogP contribution in [-0.4, -0.2) is 27.2 Å². The van der Waals surface area contributed by atoms with Crippen molar-refractivity contribution in [2.75, 3.05) is 11.1 Å². The molecule has 2 rings (SSSR count). The lowest BCUT2D eigenvalue weighted by atomic mass is 10.1. The summed E-state index contributed by atoms with van der Waals surface area (Å²) in [6, 6.07) is 1.81. The second-order valence-electron chi connectivity index (χ2n) is 4.90. The van der Waals surface area contributed by atoms with E-state index in [1.54, 1.807) is 6.07 Å². The van der Waals surface area contributed by atoms with E-state index in [-0.39, 0.29) is 12.1 Å². The second-order valence-corrected chi connectivity index (χ2v) is 4.90. The Hall–Kier alpha value is -1.36. The highest BCUT2D eigenvalue weighted by atomic mass is 16.3. The van der Waals surface area contributed by atoms with Crippen molar-refractivity contribution in [1.82, 2.24) is 9.97 Å². The molecule has 1 saturated carbocycles. The van der Waals surface area contributed by atoms with Crippen LogP contribution in [0.3, 0.4) is 0 Å². The minimum Gasteiger partial charge on any atom is -0.391 e. The van der Waals surface area contributed by atoms with Crippen LogP contribution in [0.4, 0.5) is 11.6 Å². The number of rotatable bonds is 3. The van der Waals surface area contributed by atoms with Gasteiger partial charge in [0.25, 0.3) is 0 Å². The Labute approximate surface area is 108 Å². The Bertz CT molecular complexity index is 397. The summed E-state index contributed by atoms with van der Waals surface area (Å²) in [5, 5.41) is 13.4. The largest absolute Gasteiger partial charge is 0.391 e. The molecule has 0 saturated heterocycles. The summed E-state index contributed by atoms with van der Waals surface area (Å²) in [5.41, 5.74) is 5.75. The van der Waals surface area contributed by atoms with Crippen LogP contribution in [0.2, 0.25) is 0 Å². The smallest absolute Gasteiger partial charge is 0.132 e. The molecular weight excluding hydrogens is 228 g/mol. The summed E-state index contributed by atoms with van der Waals surface area (Å²) in [7, 11) is 0. The lowest BCUT2D eigenvalue weighted by Gasteiger charge is -2.22. The van der Waals surface area contributed by atoms with Crippen LogP contribution in [-0.2, 0) is 6.42 Å². The predicted molar refractivity (Wildman–Crippen MR) is 72.3 cm³/mol. The van der Waals surface area contributed by atoms with E-state index in [4.69, 9.17) is 5.73 Å². The number of aryl methyl sites for hydroxylation is 1. The van der Waals surface area contributed by atoms with Crippen LogP contribution in [0, 0.1) is 0 Å². The molecule has 5 heteroatoms. The maximum Gasteiger partial charge on any atom is 0.132 e. The van der Waals surface area contributed by atoms with E-state index >= 15 is 0 Å². The van der Waals surface area contributed by atoms with Crippen LogP contribution in [0.25, 0.3) is 0 Å². The van der Waals surface area contributed by atoms with Crippen LogP contribution < -0.4 is 11.1 Å². The molecule has 1 heterocycles. The van der Waals surface area contributed by atoms with Crippen molar-refractivity contribution in [3.8, 4) is 0 Å². The second kappa shape index (κ2) is 6.00. The normalized spacial score (nSPS) is 24.6. The third-order valence-corrected chi connectivity index (χ3v) is 3.42. The van der Waals surface area contributed by atoms with Gasteiger partial charge in [-0.3, -0.25) is 0 Å². The number of hydrogen-bond acceptors (Lipinski definition) is 5. The fourth-order valence-corrected chi connectivity index (χ4v) is 2.40. The van der Waals surface area contributed by atoms with Crippen LogP contribution in [0.5, 0.6) is 0 Å². The van der Waals surface area contributed by atoms with Gasteiger partial charge in [0, 0.05) is 12.5 Å². The van der Waals surface area contributed by atoms with E-state index in [0.717, 1.165) is 43.7 Å². The van der Waals surface area contributed by atoms with Gasteiger partial charge in [-0.2, -0.15) is 0 Å². The first-order chi connectivity index (χ1) is 8.69. The van der Waals surface area contributed by atoms with Crippen molar-refractivity contribution in [1.29, 1.82) is 0 Å². The van der Waals surface area contributed by atoms with Gasteiger partial charge in [0.1, 0.15) is 17.5 Å². The highest BCUT2D eigenvalue weighted by Crippen LogP contribution is 2.21. The number of anilines is 2. The molecule has 5 nitrogen and oxygen atoms in total. The van der Waals surface area contributed by atoms with E-state index < -0.39 is 0 Å². The monoisotopic (exact) mass is 250 g/mol. The first-order valence-electron chi connectivity index (χ1n) is 6.77. The summed E-state index contributed by atoms with van der Waals surface area (Å²) in [6.07, 6.45) is 5.75. The average Bonchev–Trinajstić information content (AvgIpc) is 2.54. The molecule has 1 aliphatic rings. The highest BCUT2D eigenvalue weighted by Gasteiger charge is 2.21. The van der Waals surface area contributed by atoms with Gasteiger partial charge in [-0.05, 0) is 12.8 Å². The zero-order valence-electron chi connectivity index (χ0n) is 10.9. The standard InChI is InChI=1S/C13H22N4O/c1-2-12-16-11(14)8-13(17-12)15-9-6-4-3-5-7-10(9)18/h8-10,18H,2-7H2,1H3,(H3,14,15,16,17). The van der Waals surface area contributed by atoms with Gasteiger partial charge in [0.2, 0.25) is 0 Å². The van der Waals surface area contributed by atoms with Gasteiger partial charge in [-0.15, -0.1) is 0 Å². The Balaban J connectivity index is 2.09. The van der Waals surface area contributed by atoms with Crippen LogP contribution in [0.1, 0.15) is 44.9 Å². The van der Waals surface area contributed by atoms with Gasteiger partial charge in [-0.25, -0.2) is 9.97 Å². The topological polar surface area (TPSA) is 84.1 Å². The number of aliphatic hydroxyl groups is 1. The van der Waals surface area contributed by atoms with Crippen molar-refractivity contribution in [3.05, 3.63) is 11.9 Å². The Morgan fingerprint density at radius 1 is 1.33 bits per heavy atom. The first kappa shape index (κ1) is 13.1. The zero-order valence-corrected chi connectivity index (χ0v) is 10.9. The molecule has 1 aliphatic carbocycles. The van der Waals surface area contributed by atoms with E-state index in [1.165, 1.54) is 6.42 Å². The lowest BCUT2D eigenvalue weighted by Crippen LogP contribution is -2.33. The Kier molecular flexibility index (Phi) is 4.36. The fourth-order valence-electron chi connectivity index (χ4n) is 2.40. The van der Waals surface area contributed by atoms with E-state index in [0.29, 0.717) is 5.82 Å². The number of nitrogen functional groups attached to an aromatic ring is 1. The third-order valence-electron chi connectivity index (χ3n) is 3.42. The molecule has 18 heavy (non-hydrogen) atoms. The van der Waals surface area contributed by atoms with Crippen LogP contribution in [0.15, 0.2) is 6.07 Å². The molecule has 0 amide bonds. The number of nitrogens with two attached hydrogens (primary N) is 1. The molecule has 1 fully saturated rings. The minimum absolute atomic E-state index is 0.0755. The SMILES string of the molecule is CCc1nc(N)cc(NC2CCCCCC2O)n1. The summed E-state index contributed by atoms with van der Waals surface area (Å²) in [4.78, 5) is 8.55. The zero-order chi connectivity index (χ0) is 13.0. The number of nitrogens with zero attached hydrogens (tertiary/aromatic N) is 2. The lowest BCUT2D eigenvalue weighted by molar-refractivity contribution is 0.144. The Morgan fingerprint density at radius 3 is 2.89 bits per heavy atom. The van der Waals surface area contributed by atoms with Gasteiger partial charge in [-0.1, -0.05) is 26.2 Å². The third kappa shape index (κ3) is 3.32. The fraction of sp³-hybridized carbons (Fsp3) is 0.692. The molecule has 100 valence electrons. The van der Waals surface area contributed by atoms with Crippen molar-refractivity contribution >= 4 is 11.6 Å². The van der Waals surface area contributed by atoms with Gasteiger partial charge in [0.05, 0.1) is 12.1 Å². The Morgan fingerprint density at radius 2 is 2.11 bits per heavy atom. The number of nitrogens with one attached hydrogen (secondary N) is 1. The molecule has 2 atom stereocenters. The molecule has 0 aromatic carbocycles. The number of aliphatic hydroxyl groups excluding tert-OH is 1.